The van der Waals surface area contributed by atoms with Crippen LogP contribution in [0.3, 0.4) is 0 Å². The van der Waals surface area contributed by atoms with Crippen molar-refractivity contribution in [1.29, 1.82) is 0 Å². The van der Waals surface area contributed by atoms with Crippen LogP contribution in [0.1, 0.15) is 16.8 Å². The zero-order valence-corrected chi connectivity index (χ0v) is 18.3. The Morgan fingerprint density at radius 2 is 1.48 bits per heavy atom. The van der Waals surface area contributed by atoms with Crippen LogP contribution < -0.4 is 9.80 Å². The Hall–Kier alpha value is -2.01. The smallest absolute Gasteiger partial charge is 0.151 e. The van der Waals surface area contributed by atoms with Crippen LogP contribution in [0, 0.1) is 6.92 Å². The molecule has 4 nitrogen and oxygen atoms in total. The molecule has 2 aromatic carbocycles. The first-order valence-corrected chi connectivity index (χ1v) is 10.7. The molecule has 1 fully saturated rings. The molecule has 1 aliphatic rings. The van der Waals surface area contributed by atoms with E-state index in [1.807, 2.05) is 43.3 Å². The molecule has 0 unspecified atom stereocenters. The molecule has 2 heterocycles. The normalized spacial score (nSPS) is 14.3. The SMILES string of the molecule is Cc1nnc(N2CCN(c3cccc(Cl)c3)CC2)cc1Cc1c(Cl)cccc1Cl. The van der Waals surface area contributed by atoms with Gasteiger partial charge in [-0.1, -0.05) is 46.9 Å². The van der Waals surface area contributed by atoms with Crippen molar-refractivity contribution in [3.63, 3.8) is 0 Å². The molecule has 0 bridgehead atoms. The van der Waals surface area contributed by atoms with Crippen molar-refractivity contribution in [2.75, 3.05) is 36.0 Å². The highest BCUT2D eigenvalue weighted by atomic mass is 35.5. The van der Waals surface area contributed by atoms with Crippen LogP contribution in [0.4, 0.5) is 11.5 Å². The van der Waals surface area contributed by atoms with Crippen LogP contribution in [-0.2, 0) is 6.42 Å². The lowest BCUT2D eigenvalue weighted by molar-refractivity contribution is 0.642. The van der Waals surface area contributed by atoms with E-state index in [2.05, 4.69) is 32.1 Å². The summed E-state index contributed by atoms with van der Waals surface area (Å²) >= 11 is 18.9. The summed E-state index contributed by atoms with van der Waals surface area (Å²) in [6.07, 6.45) is 0.634. The molecule has 0 radical (unpaired) electrons. The number of hydrogen-bond donors (Lipinski definition) is 0. The van der Waals surface area contributed by atoms with Gasteiger partial charge in [-0.3, -0.25) is 0 Å². The summed E-state index contributed by atoms with van der Waals surface area (Å²) in [6, 6.07) is 15.7. The highest BCUT2D eigenvalue weighted by molar-refractivity contribution is 6.36. The first-order valence-electron chi connectivity index (χ1n) is 9.53. The van der Waals surface area contributed by atoms with Gasteiger partial charge in [0.05, 0.1) is 5.69 Å². The van der Waals surface area contributed by atoms with Crippen LogP contribution in [0.15, 0.2) is 48.5 Å². The molecule has 0 aliphatic carbocycles. The molecule has 1 aliphatic heterocycles. The molecule has 4 rings (SSSR count). The minimum absolute atomic E-state index is 0.634. The molecule has 0 atom stereocenters. The maximum absolute atomic E-state index is 6.36. The number of aryl methyl sites for hydroxylation is 1. The van der Waals surface area contributed by atoms with Gasteiger partial charge in [-0.05, 0) is 54.4 Å². The molecule has 150 valence electrons. The molecule has 1 aromatic heterocycles. The van der Waals surface area contributed by atoms with E-state index < -0.39 is 0 Å². The van der Waals surface area contributed by atoms with Gasteiger partial charge in [-0.15, -0.1) is 5.10 Å². The molecular formula is C22H21Cl3N4. The second-order valence-electron chi connectivity index (χ2n) is 7.14. The average molecular weight is 448 g/mol. The van der Waals surface area contributed by atoms with Gasteiger partial charge in [0, 0.05) is 53.4 Å². The first kappa shape index (κ1) is 20.3. The molecule has 3 aromatic rings. The molecule has 1 saturated heterocycles. The Balaban J connectivity index is 1.50. The van der Waals surface area contributed by atoms with Crippen LogP contribution in [0.2, 0.25) is 15.1 Å². The summed E-state index contributed by atoms with van der Waals surface area (Å²) in [7, 11) is 0. The second-order valence-corrected chi connectivity index (χ2v) is 8.39. The summed E-state index contributed by atoms with van der Waals surface area (Å²) in [5.74, 6) is 0.888. The van der Waals surface area contributed by atoms with Gasteiger partial charge in [0.25, 0.3) is 0 Å². The van der Waals surface area contributed by atoms with Crippen molar-refractivity contribution in [3.8, 4) is 0 Å². The van der Waals surface area contributed by atoms with E-state index in [9.17, 15) is 0 Å². The minimum Gasteiger partial charge on any atom is -0.368 e. The maximum Gasteiger partial charge on any atom is 0.151 e. The number of rotatable bonds is 4. The topological polar surface area (TPSA) is 32.3 Å². The third kappa shape index (κ3) is 4.61. The van der Waals surface area contributed by atoms with Crippen molar-refractivity contribution < 1.29 is 0 Å². The van der Waals surface area contributed by atoms with Gasteiger partial charge in [0.15, 0.2) is 5.82 Å². The summed E-state index contributed by atoms with van der Waals surface area (Å²) in [5.41, 5.74) is 4.05. The highest BCUT2D eigenvalue weighted by Gasteiger charge is 2.20. The molecule has 0 amide bonds. The van der Waals surface area contributed by atoms with Crippen LogP contribution in [0.5, 0.6) is 0 Å². The van der Waals surface area contributed by atoms with Gasteiger partial charge < -0.3 is 9.80 Å². The summed E-state index contributed by atoms with van der Waals surface area (Å²) in [4.78, 5) is 4.61. The summed E-state index contributed by atoms with van der Waals surface area (Å²) in [5, 5.41) is 10.9. The Bertz CT molecular complexity index is 996. The number of nitrogens with zero attached hydrogens (tertiary/aromatic N) is 4. The number of hydrogen-bond acceptors (Lipinski definition) is 4. The van der Waals surface area contributed by atoms with Gasteiger partial charge in [0.1, 0.15) is 0 Å². The van der Waals surface area contributed by atoms with Crippen LogP contribution in [-0.4, -0.2) is 36.4 Å². The van der Waals surface area contributed by atoms with E-state index in [1.165, 1.54) is 0 Å². The summed E-state index contributed by atoms with van der Waals surface area (Å²) in [6.45, 7) is 5.52. The fraction of sp³-hybridized carbons (Fsp3) is 0.273. The second kappa shape index (κ2) is 8.78. The Kier molecular flexibility index (Phi) is 6.14. The van der Waals surface area contributed by atoms with E-state index in [0.29, 0.717) is 16.5 Å². The minimum atomic E-state index is 0.634. The lowest BCUT2D eigenvalue weighted by Crippen LogP contribution is -2.47. The molecule has 0 saturated carbocycles. The standard InChI is InChI=1S/C22H21Cl3N4/c1-15-16(12-19-20(24)6-3-7-21(19)25)13-22(27-26-15)29-10-8-28(9-11-29)18-5-2-4-17(23)14-18/h2-7,13-14H,8-12H2,1H3. The third-order valence-electron chi connectivity index (χ3n) is 5.28. The molecule has 29 heavy (non-hydrogen) atoms. The van der Waals surface area contributed by atoms with Crippen LogP contribution in [0.25, 0.3) is 0 Å². The zero-order valence-electron chi connectivity index (χ0n) is 16.1. The lowest BCUT2D eigenvalue weighted by atomic mass is 10.0. The van der Waals surface area contributed by atoms with E-state index in [-0.39, 0.29) is 0 Å². The van der Waals surface area contributed by atoms with Gasteiger partial charge >= 0.3 is 0 Å². The average Bonchev–Trinajstić information content (AvgIpc) is 2.72. The Morgan fingerprint density at radius 1 is 0.828 bits per heavy atom. The molecule has 7 heteroatoms. The molecule has 0 N–H and O–H groups in total. The predicted octanol–water partition coefficient (Wildman–Crippen LogP) is 5.66. The predicted molar refractivity (Wildman–Crippen MR) is 122 cm³/mol. The fourth-order valence-corrected chi connectivity index (χ4v) is 4.29. The number of piperazine rings is 1. The monoisotopic (exact) mass is 446 g/mol. The van der Waals surface area contributed by atoms with Crippen molar-refractivity contribution in [1.82, 2.24) is 10.2 Å². The number of benzene rings is 2. The highest BCUT2D eigenvalue weighted by Crippen LogP contribution is 2.29. The van der Waals surface area contributed by atoms with Crippen LogP contribution >= 0.6 is 34.8 Å². The third-order valence-corrected chi connectivity index (χ3v) is 6.22. The Labute approximate surface area is 186 Å². The first-order chi connectivity index (χ1) is 14.0. The fourth-order valence-electron chi connectivity index (χ4n) is 3.57. The van der Waals surface area contributed by atoms with Gasteiger partial charge in [-0.25, -0.2) is 0 Å². The van der Waals surface area contributed by atoms with Gasteiger partial charge in [-0.2, -0.15) is 5.10 Å². The van der Waals surface area contributed by atoms with E-state index >= 15 is 0 Å². The maximum atomic E-state index is 6.36. The zero-order chi connectivity index (χ0) is 20.4. The van der Waals surface area contributed by atoms with Crippen molar-refractivity contribution in [2.24, 2.45) is 0 Å². The lowest BCUT2D eigenvalue weighted by Gasteiger charge is -2.36. The number of aromatic nitrogens is 2. The number of halogens is 3. The largest absolute Gasteiger partial charge is 0.368 e. The summed E-state index contributed by atoms with van der Waals surface area (Å²) < 4.78 is 0. The van der Waals surface area contributed by atoms with Gasteiger partial charge in [0.2, 0.25) is 0 Å². The molecular weight excluding hydrogens is 427 g/mol. The number of anilines is 2. The Morgan fingerprint density at radius 3 is 2.17 bits per heavy atom. The quantitative estimate of drug-likeness (QED) is 0.516. The van der Waals surface area contributed by atoms with E-state index in [4.69, 9.17) is 34.8 Å². The van der Waals surface area contributed by atoms with Crippen molar-refractivity contribution in [3.05, 3.63) is 80.4 Å². The van der Waals surface area contributed by atoms with Crippen molar-refractivity contribution >= 4 is 46.3 Å². The van der Waals surface area contributed by atoms with Crippen molar-refractivity contribution in [2.45, 2.75) is 13.3 Å². The molecule has 0 spiro atoms. The van der Waals surface area contributed by atoms with E-state index in [0.717, 1.165) is 59.5 Å². The van der Waals surface area contributed by atoms with E-state index in [1.54, 1.807) is 0 Å².